The minimum atomic E-state index is -0.251. The fourth-order valence-corrected chi connectivity index (χ4v) is 1.37. The number of likely N-dealkylation sites (N-methyl/N-ethyl adjacent to an activating group) is 1. The summed E-state index contributed by atoms with van der Waals surface area (Å²) in [5, 5.41) is 0. The normalized spacial score (nSPS) is 12.2. The van der Waals surface area contributed by atoms with E-state index < -0.39 is 0 Å². The van der Waals surface area contributed by atoms with Gasteiger partial charge in [0.15, 0.2) is 0 Å². The second kappa shape index (κ2) is 6.91. The summed E-state index contributed by atoms with van der Waals surface area (Å²) in [7, 11) is 3.27. The quantitative estimate of drug-likeness (QED) is 0.704. The number of hydrogen-bond donors (Lipinski definition) is 0. The molecule has 1 rings (SSSR count). The predicted octanol–water partition coefficient (Wildman–Crippen LogP) is 1.56. The van der Waals surface area contributed by atoms with Crippen molar-refractivity contribution in [2.24, 2.45) is 0 Å². The van der Waals surface area contributed by atoms with Crippen molar-refractivity contribution in [3.8, 4) is 5.75 Å². The van der Waals surface area contributed by atoms with Crippen LogP contribution in [-0.4, -0.2) is 44.2 Å². The van der Waals surface area contributed by atoms with Crippen LogP contribution in [0, 0.1) is 0 Å². The summed E-state index contributed by atoms with van der Waals surface area (Å²) in [6, 6.07) is 9.36. The largest absolute Gasteiger partial charge is 0.492 e. The van der Waals surface area contributed by atoms with Crippen molar-refractivity contribution >= 4 is 5.97 Å². The Labute approximate surface area is 102 Å². The number of rotatable bonds is 6. The lowest BCUT2D eigenvalue weighted by molar-refractivity contribution is -0.145. The Morgan fingerprint density at radius 1 is 1.35 bits per heavy atom. The van der Waals surface area contributed by atoms with Gasteiger partial charge in [0.05, 0.1) is 7.11 Å². The smallest absolute Gasteiger partial charge is 0.322 e. The fraction of sp³-hybridized carbons (Fsp3) is 0.462. The van der Waals surface area contributed by atoms with Crippen LogP contribution in [0.5, 0.6) is 5.75 Å². The Hall–Kier alpha value is -1.55. The zero-order valence-electron chi connectivity index (χ0n) is 10.6. The van der Waals surface area contributed by atoms with E-state index in [1.165, 1.54) is 7.11 Å². The molecule has 4 heteroatoms. The third kappa shape index (κ3) is 4.44. The minimum absolute atomic E-state index is 0.229. The van der Waals surface area contributed by atoms with Gasteiger partial charge >= 0.3 is 5.97 Å². The molecule has 0 saturated heterocycles. The predicted molar refractivity (Wildman–Crippen MR) is 66.0 cm³/mol. The summed E-state index contributed by atoms with van der Waals surface area (Å²) in [6.07, 6.45) is 0. The number of nitrogens with zero attached hydrogens (tertiary/aromatic N) is 1. The van der Waals surface area contributed by atoms with E-state index in [2.05, 4.69) is 4.74 Å². The Kier molecular flexibility index (Phi) is 5.49. The van der Waals surface area contributed by atoms with Crippen molar-refractivity contribution in [3.63, 3.8) is 0 Å². The van der Waals surface area contributed by atoms with Gasteiger partial charge in [0.25, 0.3) is 0 Å². The van der Waals surface area contributed by atoms with Gasteiger partial charge in [0, 0.05) is 6.54 Å². The number of benzene rings is 1. The molecular weight excluding hydrogens is 218 g/mol. The molecule has 1 aromatic carbocycles. The third-order valence-electron chi connectivity index (χ3n) is 2.66. The molecule has 0 radical (unpaired) electrons. The molecule has 1 unspecified atom stereocenters. The molecule has 0 aromatic heterocycles. The lowest BCUT2D eigenvalue weighted by Gasteiger charge is -2.22. The first-order valence-electron chi connectivity index (χ1n) is 5.61. The van der Waals surface area contributed by atoms with Crippen LogP contribution in [0.1, 0.15) is 6.92 Å². The summed E-state index contributed by atoms with van der Waals surface area (Å²) >= 11 is 0. The van der Waals surface area contributed by atoms with E-state index in [0.717, 1.165) is 5.75 Å². The van der Waals surface area contributed by atoms with E-state index in [1.54, 1.807) is 0 Å². The Morgan fingerprint density at radius 3 is 2.59 bits per heavy atom. The van der Waals surface area contributed by atoms with Gasteiger partial charge in [-0.25, -0.2) is 0 Å². The van der Waals surface area contributed by atoms with Gasteiger partial charge in [-0.15, -0.1) is 0 Å². The standard InChI is InChI=1S/C13H19NO3/c1-11(13(15)16-3)14(2)9-10-17-12-7-5-4-6-8-12/h4-8,11H,9-10H2,1-3H3. The first kappa shape index (κ1) is 13.5. The molecule has 0 aliphatic heterocycles. The molecule has 0 bridgehead atoms. The van der Waals surface area contributed by atoms with Crippen LogP contribution < -0.4 is 4.74 Å². The fourth-order valence-electron chi connectivity index (χ4n) is 1.37. The highest BCUT2D eigenvalue weighted by molar-refractivity contribution is 5.75. The summed E-state index contributed by atoms with van der Waals surface area (Å²) in [5.74, 6) is 0.610. The lowest BCUT2D eigenvalue weighted by Crippen LogP contribution is -2.39. The first-order valence-corrected chi connectivity index (χ1v) is 5.61. The molecular formula is C13H19NO3. The van der Waals surface area contributed by atoms with Crippen LogP contribution in [-0.2, 0) is 9.53 Å². The molecule has 0 aliphatic rings. The lowest BCUT2D eigenvalue weighted by atomic mass is 10.3. The van der Waals surface area contributed by atoms with E-state index >= 15 is 0 Å². The van der Waals surface area contributed by atoms with Crippen LogP contribution in [0.3, 0.4) is 0 Å². The average molecular weight is 237 g/mol. The maximum Gasteiger partial charge on any atom is 0.322 e. The molecule has 0 heterocycles. The van der Waals surface area contributed by atoms with Gasteiger partial charge in [-0.05, 0) is 26.1 Å². The van der Waals surface area contributed by atoms with Crippen LogP contribution in [0.2, 0.25) is 0 Å². The number of ether oxygens (including phenoxy) is 2. The van der Waals surface area contributed by atoms with Crippen molar-refractivity contribution in [2.45, 2.75) is 13.0 Å². The highest BCUT2D eigenvalue weighted by atomic mass is 16.5. The minimum Gasteiger partial charge on any atom is -0.492 e. The monoisotopic (exact) mass is 237 g/mol. The van der Waals surface area contributed by atoms with Crippen molar-refractivity contribution in [1.29, 1.82) is 0 Å². The van der Waals surface area contributed by atoms with Crippen LogP contribution in [0.4, 0.5) is 0 Å². The van der Waals surface area contributed by atoms with Gasteiger partial charge in [0.1, 0.15) is 18.4 Å². The zero-order valence-corrected chi connectivity index (χ0v) is 10.6. The number of methoxy groups -OCH3 is 1. The molecule has 0 amide bonds. The van der Waals surface area contributed by atoms with Gasteiger partial charge < -0.3 is 9.47 Å². The van der Waals surface area contributed by atoms with Gasteiger partial charge in [-0.1, -0.05) is 18.2 Å². The number of hydrogen-bond acceptors (Lipinski definition) is 4. The Bertz CT molecular complexity index is 340. The summed E-state index contributed by atoms with van der Waals surface area (Å²) < 4.78 is 10.2. The maximum absolute atomic E-state index is 11.3. The molecule has 0 aliphatic carbocycles. The number of carbonyl (C=O) groups excluding carboxylic acids is 1. The molecule has 1 aromatic rings. The summed E-state index contributed by atoms with van der Waals surface area (Å²) in [5.41, 5.74) is 0. The molecule has 0 saturated carbocycles. The first-order chi connectivity index (χ1) is 8.15. The molecule has 0 spiro atoms. The zero-order chi connectivity index (χ0) is 12.7. The van der Waals surface area contributed by atoms with Crippen molar-refractivity contribution in [2.75, 3.05) is 27.3 Å². The summed E-state index contributed by atoms with van der Waals surface area (Å²) in [6.45, 7) is 3.03. The van der Waals surface area contributed by atoms with E-state index in [1.807, 2.05) is 49.2 Å². The highest BCUT2D eigenvalue weighted by Crippen LogP contribution is 2.08. The average Bonchev–Trinajstić information content (AvgIpc) is 2.38. The second-order valence-corrected chi connectivity index (χ2v) is 3.84. The Morgan fingerprint density at radius 2 is 2.00 bits per heavy atom. The number of esters is 1. The van der Waals surface area contributed by atoms with Crippen molar-refractivity contribution in [1.82, 2.24) is 4.90 Å². The van der Waals surface area contributed by atoms with Gasteiger partial charge in [-0.3, -0.25) is 9.69 Å². The SMILES string of the molecule is COC(=O)C(C)N(C)CCOc1ccccc1. The van der Waals surface area contributed by atoms with E-state index in [9.17, 15) is 4.79 Å². The van der Waals surface area contributed by atoms with E-state index in [0.29, 0.717) is 13.2 Å². The molecule has 94 valence electrons. The van der Waals surface area contributed by atoms with Gasteiger partial charge in [-0.2, -0.15) is 0 Å². The number of para-hydroxylation sites is 1. The molecule has 17 heavy (non-hydrogen) atoms. The Balaban J connectivity index is 2.29. The van der Waals surface area contributed by atoms with Crippen LogP contribution in [0.15, 0.2) is 30.3 Å². The molecule has 0 fully saturated rings. The highest BCUT2D eigenvalue weighted by Gasteiger charge is 2.17. The van der Waals surface area contributed by atoms with Crippen molar-refractivity contribution in [3.05, 3.63) is 30.3 Å². The second-order valence-electron chi connectivity index (χ2n) is 3.84. The molecule has 4 nitrogen and oxygen atoms in total. The van der Waals surface area contributed by atoms with Gasteiger partial charge in [0.2, 0.25) is 0 Å². The summed E-state index contributed by atoms with van der Waals surface area (Å²) in [4.78, 5) is 13.2. The maximum atomic E-state index is 11.3. The third-order valence-corrected chi connectivity index (χ3v) is 2.66. The van der Waals surface area contributed by atoms with Crippen LogP contribution >= 0.6 is 0 Å². The number of carbonyl (C=O) groups is 1. The molecule has 1 atom stereocenters. The van der Waals surface area contributed by atoms with E-state index in [4.69, 9.17) is 4.74 Å². The molecule has 0 N–H and O–H groups in total. The van der Waals surface area contributed by atoms with Crippen molar-refractivity contribution < 1.29 is 14.3 Å². The van der Waals surface area contributed by atoms with E-state index in [-0.39, 0.29) is 12.0 Å². The topological polar surface area (TPSA) is 38.8 Å². The van der Waals surface area contributed by atoms with Crippen LogP contribution in [0.25, 0.3) is 0 Å².